The van der Waals surface area contributed by atoms with E-state index in [4.69, 9.17) is 33.9 Å². The summed E-state index contributed by atoms with van der Waals surface area (Å²) >= 11 is 0. The van der Waals surface area contributed by atoms with Gasteiger partial charge in [0.25, 0.3) is 5.69 Å². The van der Waals surface area contributed by atoms with Crippen LogP contribution in [0.25, 0.3) is 0 Å². The average Bonchev–Trinajstić information content (AvgIpc) is 2.97. The van der Waals surface area contributed by atoms with Gasteiger partial charge in [-0.1, -0.05) is 14.9 Å². The third-order valence-corrected chi connectivity index (χ3v) is 7.32. The van der Waals surface area contributed by atoms with Gasteiger partial charge in [-0.3, -0.25) is 10.1 Å². The van der Waals surface area contributed by atoms with Crippen molar-refractivity contribution >= 4 is 36.0 Å². The van der Waals surface area contributed by atoms with Crippen LogP contribution in [0.4, 0.5) is 46.4 Å². The molecule has 4 N–H and O–H groups in total. The fourth-order valence-corrected chi connectivity index (χ4v) is 3.61. The number of nitro benzene ring substituents is 1. The van der Waals surface area contributed by atoms with E-state index >= 15 is 0 Å². The largest absolute Gasteiger partial charge is 0.514 e. The van der Waals surface area contributed by atoms with Crippen molar-refractivity contribution in [2.45, 2.75) is 106 Å². The van der Waals surface area contributed by atoms with E-state index in [2.05, 4.69) is 4.74 Å². The van der Waals surface area contributed by atoms with Crippen molar-refractivity contribution in [1.82, 2.24) is 10.6 Å². The van der Waals surface area contributed by atoms with Gasteiger partial charge in [0.2, 0.25) is 0 Å². The van der Waals surface area contributed by atoms with Crippen LogP contribution in [0.2, 0.25) is 0 Å². The van der Waals surface area contributed by atoms with Crippen LogP contribution >= 0.6 is 0 Å². The molecule has 57 heavy (non-hydrogen) atoms. The highest BCUT2D eigenvalue weighted by Gasteiger charge is 2.57. The van der Waals surface area contributed by atoms with E-state index in [0.717, 1.165) is 0 Å². The highest BCUT2D eigenvalue weighted by molar-refractivity contribution is 5.81. The lowest BCUT2D eigenvalue weighted by Gasteiger charge is -2.34. The minimum absolute atomic E-state index is 0. The number of carbonyl (C=O) groups is 5. The summed E-state index contributed by atoms with van der Waals surface area (Å²) in [7, 11) is 0. The van der Waals surface area contributed by atoms with Crippen molar-refractivity contribution < 1.29 is 93.9 Å². The minimum atomic E-state index is -4.79. The molecule has 0 spiro atoms. The van der Waals surface area contributed by atoms with Crippen LogP contribution in [0, 0.1) is 20.9 Å². The fourth-order valence-electron chi connectivity index (χ4n) is 3.61. The lowest BCUT2D eigenvalue weighted by Crippen LogP contribution is -2.57. The predicted molar refractivity (Wildman–Crippen MR) is 184 cm³/mol. The van der Waals surface area contributed by atoms with Crippen molar-refractivity contribution in [3.63, 3.8) is 0 Å². The smallest absolute Gasteiger partial charge is 0.480 e. The zero-order valence-corrected chi connectivity index (χ0v) is 30.4. The van der Waals surface area contributed by atoms with Crippen LogP contribution < -0.4 is 15.4 Å². The minimum Gasteiger partial charge on any atom is -0.480 e. The Morgan fingerprint density at radius 1 is 0.719 bits per heavy atom. The Labute approximate surface area is 323 Å². The Balaban J connectivity index is 0. The topological polar surface area (TPSA) is 248 Å². The summed E-state index contributed by atoms with van der Waals surface area (Å²) in [6, 6.07) is 0.876. The van der Waals surface area contributed by atoms with Crippen molar-refractivity contribution in [1.29, 1.82) is 0 Å². The number of carboxylic acids is 2. The van der Waals surface area contributed by atoms with Crippen LogP contribution in [0.1, 0.15) is 63.3 Å². The molecule has 2 aliphatic rings. The maximum Gasteiger partial charge on any atom is 0.514 e. The van der Waals surface area contributed by atoms with E-state index in [-0.39, 0.29) is 45.6 Å². The van der Waals surface area contributed by atoms with Gasteiger partial charge in [0.15, 0.2) is 12.2 Å². The zero-order valence-electron chi connectivity index (χ0n) is 30.4. The molecule has 2 saturated heterocycles. The molecule has 0 aromatic heterocycles. The highest BCUT2D eigenvalue weighted by Crippen LogP contribution is 2.41. The van der Waals surface area contributed by atoms with Crippen LogP contribution in [0.5, 0.6) is 5.75 Å². The van der Waals surface area contributed by atoms with E-state index in [1.54, 1.807) is 10.6 Å². The number of nitro groups is 1. The van der Waals surface area contributed by atoms with E-state index in [1.807, 2.05) is 0 Å². The molecule has 0 bridgehead atoms. The second-order valence-electron chi connectivity index (χ2n) is 13.7. The molecular formula is C33H49F6N3O15. The summed E-state index contributed by atoms with van der Waals surface area (Å²) in [5, 5.41) is 31.5. The van der Waals surface area contributed by atoms with Crippen molar-refractivity contribution in [2.24, 2.45) is 10.8 Å². The van der Waals surface area contributed by atoms with Crippen molar-refractivity contribution in [2.75, 3.05) is 26.4 Å². The molecule has 2 fully saturated rings. The van der Waals surface area contributed by atoms with Gasteiger partial charge in [-0.15, -0.1) is 0 Å². The van der Waals surface area contributed by atoms with E-state index < -0.39 is 82.2 Å². The SMILES string of the molecule is C.C.CC(C)(C)OC(=O)N[C@H](C(=O)O)C(C)(C)C(F)(F)F.CC(C)([C@H](NC(=O)OC1COC1)C(=O)O)C(F)(F)F.O=C(Oc1ccc([N+](=O)[O-])cc1)OC1COC1. The number of hydrogen-bond donors (Lipinski definition) is 4. The van der Waals surface area contributed by atoms with Gasteiger partial charge in [0, 0.05) is 12.1 Å². The first-order valence-electron chi connectivity index (χ1n) is 15.7. The molecule has 1 aromatic rings. The number of alkyl carbamates (subject to hydrolysis) is 2. The number of nitrogens with one attached hydrogen (secondary N) is 2. The molecule has 0 aliphatic carbocycles. The Hall–Kier alpha value is -5.13. The second-order valence-corrected chi connectivity index (χ2v) is 13.7. The summed E-state index contributed by atoms with van der Waals surface area (Å²) in [6.45, 7) is 8.35. The normalized spacial score (nSPS) is 15.5. The first-order chi connectivity index (χ1) is 24.9. The summed E-state index contributed by atoms with van der Waals surface area (Å²) in [4.78, 5) is 65.6. The molecule has 3 rings (SSSR count). The Morgan fingerprint density at radius 3 is 1.39 bits per heavy atom. The number of hydrogen-bond acceptors (Lipinski definition) is 13. The maximum atomic E-state index is 12.8. The van der Waals surface area contributed by atoms with Crippen molar-refractivity contribution in [3.05, 3.63) is 34.4 Å². The van der Waals surface area contributed by atoms with E-state index in [1.165, 1.54) is 45.0 Å². The molecule has 1 aromatic carbocycles. The Bertz CT molecular complexity index is 1510. The number of aliphatic carboxylic acids is 2. The number of carbonyl (C=O) groups excluding carboxylic acids is 3. The van der Waals surface area contributed by atoms with Gasteiger partial charge in [-0.2, -0.15) is 26.3 Å². The van der Waals surface area contributed by atoms with Crippen molar-refractivity contribution in [3.8, 4) is 5.75 Å². The Morgan fingerprint density at radius 2 is 1.09 bits per heavy atom. The molecule has 0 unspecified atom stereocenters. The summed E-state index contributed by atoms with van der Waals surface area (Å²) in [5.41, 5.74) is -6.27. The van der Waals surface area contributed by atoms with Gasteiger partial charge < -0.3 is 49.3 Å². The lowest BCUT2D eigenvalue weighted by atomic mass is 9.83. The number of amides is 2. The number of carboxylic acid groups (broad SMARTS) is 2. The highest BCUT2D eigenvalue weighted by atomic mass is 19.4. The zero-order chi connectivity index (χ0) is 42.7. The first kappa shape index (κ1) is 54.0. The number of rotatable bonds is 10. The molecule has 2 amide bonds. The van der Waals surface area contributed by atoms with Crippen LogP contribution in [0.3, 0.4) is 0 Å². The average molecular weight is 842 g/mol. The molecule has 24 heteroatoms. The standard InChI is InChI=1S/C11H18F3NO4.C10H14F3NO5.C10H9NO6.2CH4/c1-9(2,3)19-8(18)15-6(7(16)17)10(4,5)11(12,13)14;1-9(2,10(11,12)13)6(7(15)16)14-8(17)19-5-3-18-4-5;12-10(17-9-5-15-6-9)16-8-3-1-7(2-4-8)11(13)14;;/h6H,1-5H3,(H,15,18)(H,16,17);5-6H,3-4H2,1-2H3,(H,14,17)(H,15,16);1-4,9H,5-6H2;2*1H4/t2*6-;;;/m11.../s1. The third kappa shape index (κ3) is 17.3. The fraction of sp³-hybridized carbons (Fsp3) is 0.667. The van der Waals surface area contributed by atoms with E-state index in [9.17, 15) is 60.4 Å². The van der Waals surface area contributed by atoms with Crippen LogP contribution in [-0.4, -0.2) is 114 Å². The molecule has 2 heterocycles. The lowest BCUT2D eigenvalue weighted by molar-refractivity contribution is -0.384. The molecular weight excluding hydrogens is 792 g/mol. The number of non-ortho nitro benzene ring substituents is 1. The Kier molecular flexibility index (Phi) is 20.3. The van der Waals surface area contributed by atoms with Gasteiger partial charge in [0.05, 0.1) is 42.2 Å². The first-order valence-corrected chi connectivity index (χ1v) is 15.7. The van der Waals surface area contributed by atoms with E-state index in [0.29, 0.717) is 40.9 Å². The number of benzene rings is 1. The molecule has 0 radical (unpaired) electrons. The number of ether oxygens (including phenoxy) is 6. The third-order valence-electron chi connectivity index (χ3n) is 7.32. The molecule has 2 aliphatic heterocycles. The molecule has 18 nitrogen and oxygen atoms in total. The molecule has 2 atom stereocenters. The second kappa shape index (κ2) is 21.4. The number of halogens is 6. The number of nitrogens with zero attached hydrogens (tertiary/aromatic N) is 1. The predicted octanol–water partition coefficient (Wildman–Crippen LogP) is 6.49. The maximum absolute atomic E-state index is 12.8. The molecule has 328 valence electrons. The van der Waals surface area contributed by atoms with Gasteiger partial charge >= 0.3 is 42.6 Å². The quantitative estimate of drug-likeness (QED) is 0.0491. The van der Waals surface area contributed by atoms with Crippen LogP contribution in [0.15, 0.2) is 24.3 Å². The summed E-state index contributed by atoms with van der Waals surface area (Å²) in [5.74, 6) is -3.38. The monoisotopic (exact) mass is 841 g/mol. The molecule has 0 saturated carbocycles. The summed E-state index contributed by atoms with van der Waals surface area (Å²) < 4.78 is 105. The summed E-state index contributed by atoms with van der Waals surface area (Å²) in [6.07, 6.45) is -13.7. The van der Waals surface area contributed by atoms with Gasteiger partial charge in [-0.05, 0) is 60.6 Å². The van der Waals surface area contributed by atoms with Gasteiger partial charge in [0.1, 0.15) is 23.4 Å². The van der Waals surface area contributed by atoms with Gasteiger partial charge in [-0.25, -0.2) is 24.0 Å². The van der Waals surface area contributed by atoms with Crippen LogP contribution in [-0.2, 0) is 33.3 Å². The number of alkyl halides is 6.